The van der Waals surface area contributed by atoms with Crippen molar-refractivity contribution in [2.75, 3.05) is 14.2 Å². The molecule has 0 heterocycles. The van der Waals surface area contributed by atoms with Crippen molar-refractivity contribution in [1.82, 2.24) is 0 Å². The molecule has 1 atom stereocenters. The van der Waals surface area contributed by atoms with Crippen LogP contribution in [0.25, 0.3) is 0 Å². The molecule has 0 aliphatic rings. The third kappa shape index (κ3) is 4.21. The van der Waals surface area contributed by atoms with Gasteiger partial charge in [0.1, 0.15) is 6.29 Å². The van der Waals surface area contributed by atoms with Crippen molar-refractivity contribution in [2.24, 2.45) is 5.92 Å². The van der Waals surface area contributed by atoms with Gasteiger partial charge in [0.25, 0.3) is 0 Å². The largest absolute Gasteiger partial charge is 0.469 e. The Labute approximate surface area is 111 Å². The van der Waals surface area contributed by atoms with E-state index in [9.17, 15) is 14.4 Å². The molecule has 0 spiro atoms. The fourth-order valence-electron chi connectivity index (χ4n) is 1.76. The molecule has 0 saturated heterocycles. The molecule has 0 radical (unpaired) electrons. The van der Waals surface area contributed by atoms with Crippen LogP contribution in [0.5, 0.6) is 0 Å². The number of hydrogen-bond donors (Lipinski definition) is 0. The van der Waals surface area contributed by atoms with Crippen LogP contribution in [-0.4, -0.2) is 32.4 Å². The highest BCUT2D eigenvalue weighted by Gasteiger charge is 2.18. The van der Waals surface area contributed by atoms with E-state index >= 15 is 0 Å². The zero-order valence-electron chi connectivity index (χ0n) is 10.9. The molecule has 0 saturated carbocycles. The number of esters is 2. The van der Waals surface area contributed by atoms with Crippen LogP contribution in [-0.2, 0) is 25.5 Å². The van der Waals surface area contributed by atoms with Crippen LogP contribution in [0.15, 0.2) is 24.3 Å². The van der Waals surface area contributed by atoms with Gasteiger partial charge in [-0.05, 0) is 18.1 Å². The van der Waals surface area contributed by atoms with Gasteiger partial charge in [0, 0.05) is 5.92 Å². The van der Waals surface area contributed by atoms with Crippen LogP contribution in [0.3, 0.4) is 0 Å². The molecule has 0 aliphatic heterocycles. The van der Waals surface area contributed by atoms with Gasteiger partial charge in [-0.2, -0.15) is 0 Å². The topological polar surface area (TPSA) is 69.7 Å². The highest BCUT2D eigenvalue weighted by molar-refractivity contribution is 5.91. The van der Waals surface area contributed by atoms with Gasteiger partial charge < -0.3 is 14.3 Å². The van der Waals surface area contributed by atoms with Crippen molar-refractivity contribution in [1.29, 1.82) is 0 Å². The minimum Gasteiger partial charge on any atom is -0.469 e. The number of ether oxygens (including phenoxy) is 2. The molecule has 0 aromatic heterocycles. The van der Waals surface area contributed by atoms with Crippen molar-refractivity contribution in [3.63, 3.8) is 0 Å². The van der Waals surface area contributed by atoms with Crippen LogP contribution in [0, 0.1) is 5.92 Å². The third-order valence-electron chi connectivity index (χ3n) is 2.75. The summed E-state index contributed by atoms with van der Waals surface area (Å²) in [7, 11) is 2.57. The van der Waals surface area contributed by atoms with Crippen LogP contribution < -0.4 is 0 Å². The lowest BCUT2D eigenvalue weighted by atomic mass is 9.94. The summed E-state index contributed by atoms with van der Waals surface area (Å²) in [6, 6.07) is 6.84. The molecule has 0 fully saturated rings. The van der Waals surface area contributed by atoms with Gasteiger partial charge in [0.2, 0.25) is 0 Å². The number of hydrogen-bond acceptors (Lipinski definition) is 5. The van der Waals surface area contributed by atoms with E-state index in [1.807, 2.05) is 0 Å². The summed E-state index contributed by atoms with van der Waals surface area (Å²) in [5, 5.41) is 0. The van der Waals surface area contributed by atoms with E-state index in [2.05, 4.69) is 9.47 Å². The van der Waals surface area contributed by atoms with Crippen LogP contribution in [0.4, 0.5) is 0 Å². The first kappa shape index (κ1) is 14.9. The molecular weight excluding hydrogens is 248 g/mol. The second-order valence-electron chi connectivity index (χ2n) is 4.03. The number of carbonyl (C=O) groups excluding carboxylic acids is 3. The molecule has 0 bridgehead atoms. The number of methoxy groups -OCH3 is 2. The maximum Gasteiger partial charge on any atom is 0.338 e. The van der Waals surface area contributed by atoms with E-state index < -0.39 is 17.9 Å². The Morgan fingerprint density at radius 2 is 1.89 bits per heavy atom. The van der Waals surface area contributed by atoms with Crippen molar-refractivity contribution >= 4 is 18.2 Å². The number of rotatable bonds is 6. The Hall–Kier alpha value is -2.17. The predicted octanol–water partition coefficient (Wildman–Crippen LogP) is 1.39. The molecular formula is C14H16O5. The van der Waals surface area contributed by atoms with E-state index in [1.54, 1.807) is 24.3 Å². The van der Waals surface area contributed by atoms with Crippen molar-refractivity contribution in [3.8, 4) is 0 Å². The van der Waals surface area contributed by atoms with E-state index in [-0.39, 0.29) is 6.42 Å². The zero-order valence-corrected chi connectivity index (χ0v) is 10.9. The number of carbonyl (C=O) groups is 3. The average molecular weight is 264 g/mol. The van der Waals surface area contributed by atoms with E-state index in [4.69, 9.17) is 0 Å². The fraction of sp³-hybridized carbons (Fsp3) is 0.357. The third-order valence-corrected chi connectivity index (χ3v) is 2.75. The molecule has 0 aliphatic carbocycles. The van der Waals surface area contributed by atoms with Gasteiger partial charge in [0.05, 0.1) is 26.2 Å². The van der Waals surface area contributed by atoms with Gasteiger partial charge in [-0.25, -0.2) is 4.79 Å². The summed E-state index contributed by atoms with van der Waals surface area (Å²) in [6.45, 7) is 0. The molecule has 0 N–H and O–H groups in total. The lowest BCUT2D eigenvalue weighted by Gasteiger charge is -2.11. The van der Waals surface area contributed by atoms with Crippen molar-refractivity contribution in [2.45, 2.75) is 12.8 Å². The quantitative estimate of drug-likeness (QED) is 0.573. The molecule has 19 heavy (non-hydrogen) atoms. The van der Waals surface area contributed by atoms with Crippen molar-refractivity contribution in [3.05, 3.63) is 35.4 Å². The number of aldehydes is 1. The minimum absolute atomic E-state index is 0.00446. The maximum absolute atomic E-state index is 11.6. The maximum atomic E-state index is 11.6. The summed E-state index contributed by atoms with van der Waals surface area (Å²) in [4.78, 5) is 33.7. The van der Waals surface area contributed by atoms with Gasteiger partial charge in [-0.15, -0.1) is 0 Å². The molecule has 5 heteroatoms. The van der Waals surface area contributed by atoms with E-state index in [1.165, 1.54) is 14.2 Å². The monoisotopic (exact) mass is 264 g/mol. The molecule has 0 amide bonds. The van der Waals surface area contributed by atoms with Gasteiger partial charge in [-0.3, -0.25) is 4.79 Å². The van der Waals surface area contributed by atoms with E-state index in [0.29, 0.717) is 23.8 Å². The Morgan fingerprint density at radius 3 is 2.47 bits per heavy atom. The highest BCUT2D eigenvalue weighted by Crippen LogP contribution is 2.16. The van der Waals surface area contributed by atoms with Crippen LogP contribution >= 0.6 is 0 Å². The lowest BCUT2D eigenvalue weighted by molar-refractivity contribution is -0.142. The molecule has 102 valence electrons. The Balaban J connectivity index is 2.88. The summed E-state index contributed by atoms with van der Waals surface area (Å²) in [6.07, 6.45) is 0.990. The lowest BCUT2D eigenvalue weighted by Crippen LogP contribution is -2.16. The Bertz CT molecular complexity index is 467. The smallest absolute Gasteiger partial charge is 0.338 e. The summed E-state index contributed by atoms with van der Waals surface area (Å²) < 4.78 is 9.21. The number of benzene rings is 1. The molecule has 1 unspecified atom stereocenters. The van der Waals surface area contributed by atoms with E-state index in [0.717, 1.165) is 0 Å². The first-order valence-electron chi connectivity index (χ1n) is 5.80. The first-order chi connectivity index (χ1) is 9.12. The van der Waals surface area contributed by atoms with Crippen LogP contribution in [0.1, 0.15) is 22.3 Å². The second kappa shape index (κ2) is 7.31. The Kier molecular flexibility index (Phi) is 5.73. The SMILES string of the molecule is COC(=O)CC(C=O)Cc1ccccc1C(=O)OC. The standard InChI is InChI=1S/C14H16O5/c1-18-13(16)8-10(9-15)7-11-5-3-4-6-12(11)14(17)19-2/h3-6,9-10H,7-8H2,1-2H3. The van der Waals surface area contributed by atoms with Crippen LogP contribution in [0.2, 0.25) is 0 Å². The Morgan fingerprint density at radius 1 is 1.21 bits per heavy atom. The fourth-order valence-corrected chi connectivity index (χ4v) is 1.76. The molecule has 1 rings (SSSR count). The molecule has 1 aromatic carbocycles. The predicted molar refractivity (Wildman–Crippen MR) is 67.7 cm³/mol. The molecule has 5 nitrogen and oxygen atoms in total. The molecule has 1 aromatic rings. The highest BCUT2D eigenvalue weighted by atomic mass is 16.5. The minimum atomic E-state index is -0.516. The second-order valence-corrected chi connectivity index (χ2v) is 4.03. The normalized spacial score (nSPS) is 11.5. The summed E-state index contributed by atoms with van der Waals surface area (Å²) in [5.74, 6) is -1.43. The summed E-state index contributed by atoms with van der Waals surface area (Å²) >= 11 is 0. The van der Waals surface area contributed by atoms with Gasteiger partial charge in [-0.1, -0.05) is 18.2 Å². The zero-order chi connectivity index (χ0) is 14.3. The average Bonchev–Trinajstić information content (AvgIpc) is 2.45. The van der Waals surface area contributed by atoms with Crippen molar-refractivity contribution < 1.29 is 23.9 Å². The van der Waals surface area contributed by atoms with Gasteiger partial charge >= 0.3 is 11.9 Å². The first-order valence-corrected chi connectivity index (χ1v) is 5.80. The van der Waals surface area contributed by atoms with Gasteiger partial charge in [0.15, 0.2) is 0 Å². The summed E-state index contributed by atoms with van der Waals surface area (Å²) in [5.41, 5.74) is 1.08.